The van der Waals surface area contributed by atoms with E-state index in [1.54, 1.807) is 6.07 Å². The van der Waals surface area contributed by atoms with Gasteiger partial charge in [-0.2, -0.15) is 10.5 Å². The van der Waals surface area contributed by atoms with E-state index in [0.717, 1.165) is 0 Å². The van der Waals surface area contributed by atoms with Gasteiger partial charge < -0.3 is 20.6 Å². The average molecular weight is 324 g/mol. The second-order valence-electron chi connectivity index (χ2n) is 4.82. The molecule has 2 aromatic rings. The van der Waals surface area contributed by atoms with E-state index in [9.17, 15) is 20.1 Å². The van der Waals surface area contributed by atoms with Gasteiger partial charge in [0, 0.05) is 11.1 Å². The molecule has 8 heteroatoms. The molecule has 8 nitrogen and oxygen atoms in total. The van der Waals surface area contributed by atoms with Crippen LogP contribution in [0, 0.1) is 22.7 Å². The van der Waals surface area contributed by atoms with Crippen LogP contribution in [0.15, 0.2) is 23.0 Å². The van der Waals surface area contributed by atoms with E-state index in [-0.39, 0.29) is 34.7 Å². The maximum atomic E-state index is 12.0. The summed E-state index contributed by atoms with van der Waals surface area (Å²) >= 11 is 0. The average Bonchev–Trinajstić information content (AvgIpc) is 2.53. The molecule has 0 saturated heterocycles. The maximum absolute atomic E-state index is 12.0. The number of aromatic amines is 1. The number of methoxy groups -OCH3 is 1. The first kappa shape index (κ1) is 16.6. The summed E-state index contributed by atoms with van der Waals surface area (Å²) in [5, 5.41) is 27.5. The van der Waals surface area contributed by atoms with Crippen LogP contribution in [0.3, 0.4) is 0 Å². The molecule has 0 fully saturated rings. The Morgan fingerprint density at radius 3 is 2.54 bits per heavy atom. The Labute approximate surface area is 136 Å². The molecule has 0 spiro atoms. The van der Waals surface area contributed by atoms with Gasteiger partial charge in [-0.05, 0) is 11.6 Å². The lowest BCUT2D eigenvalue weighted by molar-refractivity contribution is -0.136. The molecule has 24 heavy (non-hydrogen) atoms. The molecule has 1 aromatic carbocycles. The summed E-state index contributed by atoms with van der Waals surface area (Å²) in [6.45, 7) is 0. The molecule has 0 radical (unpaired) electrons. The number of carbonyl (C=O) groups is 1. The van der Waals surface area contributed by atoms with Crippen LogP contribution < -0.4 is 16.0 Å². The van der Waals surface area contributed by atoms with Gasteiger partial charge in [0.05, 0.1) is 13.5 Å². The number of anilines is 1. The first-order valence-electron chi connectivity index (χ1n) is 6.68. The van der Waals surface area contributed by atoms with E-state index in [0.29, 0.717) is 11.1 Å². The predicted molar refractivity (Wildman–Crippen MR) is 84.2 cm³/mol. The molecular formula is C16H12N4O4. The van der Waals surface area contributed by atoms with Gasteiger partial charge in [0.1, 0.15) is 34.8 Å². The fourth-order valence-electron chi connectivity index (χ4n) is 2.34. The maximum Gasteiger partial charge on any atom is 0.307 e. The molecule has 0 bridgehead atoms. The largest absolute Gasteiger partial charge is 0.496 e. The summed E-state index contributed by atoms with van der Waals surface area (Å²) in [6, 6.07) is 8.12. The van der Waals surface area contributed by atoms with Gasteiger partial charge >= 0.3 is 5.97 Å². The Bertz CT molecular complexity index is 964. The van der Waals surface area contributed by atoms with Crippen molar-refractivity contribution in [3.05, 3.63) is 45.2 Å². The molecule has 120 valence electrons. The number of hydrogen-bond donors (Lipinski definition) is 3. The van der Waals surface area contributed by atoms with Gasteiger partial charge in [0.15, 0.2) is 0 Å². The van der Waals surface area contributed by atoms with Crippen molar-refractivity contribution in [3.63, 3.8) is 0 Å². The molecule has 1 aromatic heterocycles. The summed E-state index contributed by atoms with van der Waals surface area (Å²) in [5.74, 6) is -0.944. The van der Waals surface area contributed by atoms with Crippen LogP contribution in [-0.2, 0) is 11.2 Å². The number of aliphatic carboxylic acids is 1. The number of nitrogens with zero attached hydrogens (tertiary/aromatic N) is 2. The number of benzene rings is 1. The van der Waals surface area contributed by atoms with E-state index in [1.165, 1.54) is 25.3 Å². The number of nitrogens with two attached hydrogens (primary N) is 1. The van der Waals surface area contributed by atoms with Crippen LogP contribution >= 0.6 is 0 Å². The van der Waals surface area contributed by atoms with Crippen LogP contribution in [-0.4, -0.2) is 23.2 Å². The van der Waals surface area contributed by atoms with Crippen molar-refractivity contribution in [2.75, 3.05) is 12.8 Å². The highest BCUT2D eigenvalue weighted by Crippen LogP contribution is 2.35. The van der Waals surface area contributed by atoms with Gasteiger partial charge in [-0.15, -0.1) is 0 Å². The zero-order valence-electron chi connectivity index (χ0n) is 12.6. The topological polar surface area (TPSA) is 153 Å². The van der Waals surface area contributed by atoms with E-state index in [4.69, 9.17) is 15.6 Å². The lowest BCUT2D eigenvalue weighted by atomic mass is 9.94. The first-order valence-corrected chi connectivity index (χ1v) is 6.68. The van der Waals surface area contributed by atoms with Crippen molar-refractivity contribution in [1.29, 1.82) is 10.5 Å². The van der Waals surface area contributed by atoms with E-state index >= 15 is 0 Å². The third-order valence-electron chi connectivity index (χ3n) is 3.36. The molecule has 0 amide bonds. The number of ether oxygens (including phenoxy) is 1. The Morgan fingerprint density at radius 2 is 2.00 bits per heavy atom. The zero-order chi connectivity index (χ0) is 17.9. The second kappa shape index (κ2) is 6.55. The molecule has 0 unspecified atom stereocenters. The number of nitrogen functional groups attached to an aromatic ring is 1. The molecule has 0 aliphatic heterocycles. The lowest BCUT2D eigenvalue weighted by Gasteiger charge is -2.13. The fourth-order valence-corrected chi connectivity index (χ4v) is 2.34. The van der Waals surface area contributed by atoms with Crippen molar-refractivity contribution >= 4 is 11.8 Å². The summed E-state index contributed by atoms with van der Waals surface area (Å²) in [5.41, 5.74) is 5.45. The summed E-state index contributed by atoms with van der Waals surface area (Å²) in [4.78, 5) is 25.0. The Kier molecular flexibility index (Phi) is 4.52. The third-order valence-corrected chi connectivity index (χ3v) is 3.36. The number of pyridine rings is 1. The number of aromatic nitrogens is 1. The normalized spacial score (nSPS) is 9.79. The quantitative estimate of drug-likeness (QED) is 0.758. The summed E-state index contributed by atoms with van der Waals surface area (Å²) < 4.78 is 5.24. The van der Waals surface area contributed by atoms with Crippen molar-refractivity contribution in [3.8, 4) is 29.0 Å². The van der Waals surface area contributed by atoms with Gasteiger partial charge in [0.25, 0.3) is 5.56 Å². The zero-order valence-corrected chi connectivity index (χ0v) is 12.6. The Morgan fingerprint density at radius 1 is 1.33 bits per heavy atom. The SMILES string of the molecule is COc1cc(CC(=O)O)ccc1-c1c(C#N)c(N)[nH]c(=O)c1C#N. The van der Waals surface area contributed by atoms with Gasteiger partial charge in [-0.1, -0.05) is 12.1 Å². The van der Waals surface area contributed by atoms with Crippen molar-refractivity contribution < 1.29 is 14.6 Å². The van der Waals surface area contributed by atoms with Crippen LogP contribution in [0.4, 0.5) is 5.82 Å². The smallest absolute Gasteiger partial charge is 0.307 e. The standard InChI is InChI=1S/C16H12N4O4/c1-24-12-4-8(5-13(21)22)2-3-9(12)14-10(6-17)15(19)20-16(23)11(14)7-18/h2-4H,5H2,1H3,(H,21,22)(H3,19,20,23). The van der Waals surface area contributed by atoms with Gasteiger partial charge in [0.2, 0.25) is 0 Å². The minimum Gasteiger partial charge on any atom is -0.496 e. The van der Waals surface area contributed by atoms with Crippen molar-refractivity contribution in [2.24, 2.45) is 0 Å². The predicted octanol–water partition coefficient (Wildman–Crippen LogP) is 1.00. The number of nitriles is 2. The second-order valence-corrected chi connectivity index (χ2v) is 4.82. The molecule has 2 rings (SSSR count). The van der Waals surface area contributed by atoms with E-state index in [1.807, 2.05) is 6.07 Å². The molecule has 0 atom stereocenters. The Balaban J connectivity index is 2.82. The van der Waals surface area contributed by atoms with Crippen LogP contribution in [0.1, 0.15) is 16.7 Å². The molecule has 0 aliphatic carbocycles. The van der Waals surface area contributed by atoms with Gasteiger partial charge in [-0.3, -0.25) is 9.59 Å². The minimum absolute atomic E-state index is 0.0555. The van der Waals surface area contributed by atoms with Crippen molar-refractivity contribution in [1.82, 2.24) is 4.98 Å². The molecule has 4 N–H and O–H groups in total. The lowest BCUT2D eigenvalue weighted by Crippen LogP contribution is -2.16. The minimum atomic E-state index is -1.01. The molecule has 0 saturated carbocycles. The highest BCUT2D eigenvalue weighted by molar-refractivity contribution is 5.84. The van der Waals surface area contributed by atoms with Gasteiger partial charge in [-0.25, -0.2) is 0 Å². The number of H-pyrrole nitrogens is 1. The van der Waals surface area contributed by atoms with Crippen molar-refractivity contribution in [2.45, 2.75) is 6.42 Å². The summed E-state index contributed by atoms with van der Waals surface area (Å²) in [7, 11) is 1.36. The highest BCUT2D eigenvalue weighted by Gasteiger charge is 2.21. The fraction of sp³-hybridized carbons (Fsp3) is 0.125. The first-order chi connectivity index (χ1) is 11.4. The van der Waals surface area contributed by atoms with Crippen LogP contribution in [0.25, 0.3) is 11.1 Å². The monoisotopic (exact) mass is 324 g/mol. The van der Waals surface area contributed by atoms with Crippen LogP contribution in [0.5, 0.6) is 5.75 Å². The highest BCUT2D eigenvalue weighted by atomic mass is 16.5. The van der Waals surface area contributed by atoms with Crippen LogP contribution in [0.2, 0.25) is 0 Å². The Hall–Kier alpha value is -3.78. The van der Waals surface area contributed by atoms with E-state index in [2.05, 4.69) is 4.98 Å². The number of carboxylic acids is 1. The summed E-state index contributed by atoms with van der Waals surface area (Å²) in [6.07, 6.45) is -0.218. The molecule has 0 aliphatic rings. The van der Waals surface area contributed by atoms with E-state index < -0.39 is 11.5 Å². The number of carboxylic acid groups (broad SMARTS) is 1. The molecule has 1 heterocycles. The number of hydrogen-bond acceptors (Lipinski definition) is 6. The molecular weight excluding hydrogens is 312 g/mol. The third kappa shape index (κ3) is 2.89. The number of rotatable bonds is 4. The number of nitrogens with one attached hydrogen (secondary N) is 1.